The fourth-order valence-corrected chi connectivity index (χ4v) is 9.11. The van der Waals surface area contributed by atoms with E-state index in [-0.39, 0.29) is 65.7 Å². The number of aromatic hydroxyl groups is 2. The van der Waals surface area contributed by atoms with Crippen LogP contribution < -0.4 is 14.2 Å². The first-order chi connectivity index (χ1) is 32.0. The minimum Gasteiger partial charge on any atom is -0.508 e. The second-order valence-electron chi connectivity index (χ2n) is 17.6. The van der Waals surface area contributed by atoms with Crippen LogP contribution in [0.4, 0.5) is 0 Å². The maximum absolute atomic E-state index is 9.59. The zero-order valence-electron chi connectivity index (χ0n) is 39.6. The van der Waals surface area contributed by atoms with E-state index in [1.807, 2.05) is 62.4 Å². The lowest BCUT2D eigenvalue weighted by atomic mass is 9.84. The number of phenols is 2. The molecule has 6 unspecified atom stereocenters. The van der Waals surface area contributed by atoms with Crippen LogP contribution in [0, 0.1) is 0 Å². The maximum atomic E-state index is 9.59. The Morgan fingerprint density at radius 2 is 0.811 bits per heavy atom. The van der Waals surface area contributed by atoms with E-state index in [0.717, 1.165) is 48.3 Å². The Morgan fingerprint density at radius 3 is 1.24 bits per heavy atom. The van der Waals surface area contributed by atoms with Gasteiger partial charge in [-0.05, 0) is 168 Å². The quantitative estimate of drug-likeness (QED) is 0.0447. The van der Waals surface area contributed by atoms with Crippen LogP contribution in [0.1, 0.15) is 173 Å². The summed E-state index contributed by atoms with van der Waals surface area (Å²) in [4.78, 5) is 0. The molecule has 2 N–H and O–H groups in total. The molecule has 0 spiro atoms. The number of phenolic OH excluding ortho intramolecular Hbond substituents is 2. The molecule has 8 aromatic carbocycles. The fraction of sp³-hybridized carbons (Fsp3) is 0.403. The smallest absolute Gasteiger partial charge is 0.197 e. The summed E-state index contributed by atoms with van der Waals surface area (Å²) in [5.41, 5.74) is 5.16. The second kappa shape index (κ2) is 33.5. The van der Waals surface area contributed by atoms with Gasteiger partial charge in [-0.1, -0.05) is 178 Å². The van der Waals surface area contributed by atoms with Crippen LogP contribution in [0.3, 0.4) is 0 Å². The van der Waals surface area contributed by atoms with Gasteiger partial charge in [0.05, 0.1) is 6.61 Å². The number of methoxy groups -OCH3 is 1. The molecule has 0 aliphatic heterocycles. The number of hydrogen-bond acceptors (Lipinski definition) is 7. The number of rotatable bonds is 20. The summed E-state index contributed by atoms with van der Waals surface area (Å²) < 4.78 is 28.9. The summed E-state index contributed by atoms with van der Waals surface area (Å²) in [5.74, 6) is 4.93. The topological polar surface area (TPSA) is 86.6 Å². The second-order valence-corrected chi connectivity index (χ2v) is 17.6. The Balaban J connectivity index is 0. The van der Waals surface area contributed by atoms with Crippen molar-refractivity contribution >= 4 is 32.3 Å². The first-order valence-electron chi connectivity index (χ1n) is 23.6. The molecule has 0 bridgehead atoms. The Hall–Kier alpha value is -6.28. The van der Waals surface area contributed by atoms with Gasteiger partial charge in [0.2, 0.25) is 0 Å². The van der Waals surface area contributed by atoms with Gasteiger partial charge in [-0.25, -0.2) is 0 Å². The van der Waals surface area contributed by atoms with E-state index in [0.29, 0.717) is 48.4 Å². The zero-order chi connectivity index (χ0) is 46.6. The van der Waals surface area contributed by atoms with Crippen LogP contribution in [0.25, 0.3) is 32.3 Å². The maximum Gasteiger partial charge on any atom is 0.197 e. The van der Waals surface area contributed by atoms with Crippen molar-refractivity contribution in [1.29, 1.82) is 0 Å². The van der Waals surface area contributed by atoms with Crippen molar-refractivity contribution in [2.45, 2.75) is 163 Å². The SMILES string of the molecule is C.C.C.C.C.C.C.C.CCC(CC(C)c1ccc(O)cc1)c1ccc(OC(C)OC)cc1.CCC(CC(C)c1ccc(O)cc1)c1ccc(OC(C)OCCOc2ccc3ccc4cccc5ccc2c3c45)cc1. The summed E-state index contributed by atoms with van der Waals surface area (Å²) in [7, 11) is 1.64. The molecule has 8 rings (SSSR count). The Labute approximate surface area is 450 Å². The number of hydrogen-bond donors (Lipinski definition) is 2. The summed E-state index contributed by atoms with van der Waals surface area (Å²) in [6.45, 7) is 13.6. The third-order valence-corrected chi connectivity index (χ3v) is 13.0. The van der Waals surface area contributed by atoms with E-state index in [4.69, 9.17) is 23.7 Å². The summed E-state index contributed by atoms with van der Waals surface area (Å²) in [5, 5.41) is 26.4. The Bertz CT molecular complexity index is 2680. The summed E-state index contributed by atoms with van der Waals surface area (Å²) in [6.07, 6.45) is 3.65. The predicted molar refractivity (Wildman–Crippen MR) is 324 cm³/mol. The summed E-state index contributed by atoms with van der Waals surface area (Å²) in [6, 6.07) is 51.2. The monoisotopic (exact) mass is 1010 g/mol. The van der Waals surface area contributed by atoms with Gasteiger partial charge in [-0.2, -0.15) is 0 Å². The van der Waals surface area contributed by atoms with E-state index < -0.39 is 6.29 Å². The highest BCUT2D eigenvalue weighted by Crippen LogP contribution is 2.39. The number of ether oxygens (including phenoxy) is 5. The van der Waals surface area contributed by atoms with Crippen molar-refractivity contribution in [2.75, 3.05) is 20.3 Å². The molecule has 0 amide bonds. The molecule has 8 aromatic rings. The van der Waals surface area contributed by atoms with Crippen LogP contribution in [-0.4, -0.2) is 43.1 Å². The molecule has 74 heavy (non-hydrogen) atoms. The van der Waals surface area contributed by atoms with E-state index in [9.17, 15) is 10.2 Å². The largest absolute Gasteiger partial charge is 0.508 e. The first kappa shape index (κ1) is 69.8. The highest BCUT2D eigenvalue weighted by Gasteiger charge is 2.18. The zero-order valence-corrected chi connectivity index (χ0v) is 39.6. The lowest BCUT2D eigenvalue weighted by Gasteiger charge is -2.21. The predicted octanol–water partition coefficient (Wildman–Crippen LogP) is 20.3. The molecular weight excluding hydrogens is 917 g/mol. The van der Waals surface area contributed by atoms with E-state index in [1.54, 1.807) is 31.4 Å². The molecule has 408 valence electrons. The number of benzene rings is 8. The van der Waals surface area contributed by atoms with E-state index >= 15 is 0 Å². The van der Waals surface area contributed by atoms with Crippen LogP contribution in [0.15, 0.2) is 152 Å². The normalized spacial score (nSPS) is 12.7. The van der Waals surface area contributed by atoms with Crippen molar-refractivity contribution in [2.24, 2.45) is 0 Å². The van der Waals surface area contributed by atoms with Crippen molar-refractivity contribution in [3.63, 3.8) is 0 Å². The molecule has 6 atom stereocenters. The van der Waals surface area contributed by atoms with E-state index in [2.05, 4.69) is 107 Å². The third kappa shape index (κ3) is 18.0. The molecule has 7 heteroatoms. The van der Waals surface area contributed by atoms with Gasteiger partial charge >= 0.3 is 0 Å². The molecule has 0 saturated heterocycles. The average Bonchev–Trinajstić information content (AvgIpc) is 3.34. The van der Waals surface area contributed by atoms with Crippen LogP contribution in [0.2, 0.25) is 0 Å². The van der Waals surface area contributed by atoms with Crippen molar-refractivity contribution in [1.82, 2.24) is 0 Å². The van der Waals surface area contributed by atoms with Crippen LogP contribution >= 0.6 is 0 Å². The average molecular weight is 1020 g/mol. The van der Waals surface area contributed by atoms with Gasteiger partial charge in [0.1, 0.15) is 35.4 Å². The van der Waals surface area contributed by atoms with Crippen LogP contribution in [-0.2, 0) is 9.47 Å². The van der Waals surface area contributed by atoms with Gasteiger partial charge in [0.25, 0.3) is 0 Å². The minimum absolute atomic E-state index is 0. The van der Waals surface area contributed by atoms with Crippen LogP contribution in [0.5, 0.6) is 28.7 Å². The highest BCUT2D eigenvalue weighted by atomic mass is 16.7. The molecule has 0 fully saturated rings. The van der Waals surface area contributed by atoms with Gasteiger partial charge in [0, 0.05) is 17.9 Å². The van der Waals surface area contributed by atoms with Gasteiger partial charge < -0.3 is 33.9 Å². The lowest BCUT2D eigenvalue weighted by Crippen LogP contribution is -2.20. The van der Waals surface area contributed by atoms with Gasteiger partial charge in [-0.3, -0.25) is 0 Å². The van der Waals surface area contributed by atoms with Crippen molar-refractivity contribution in [3.05, 3.63) is 174 Å². The standard InChI is InChI=1S/C38H38O4.C21H28O3.8CH4/c1-4-27(24-25(2)28-10-16-33(39)17-11-28)29-12-18-34(19-13-29)42-26(3)40-22-23-41-36-21-15-32-9-8-30-6-5-7-31-14-20-35(36)38(32)37(30)31;1-5-17(14-15(2)18-6-10-20(22)11-7-18)19-8-12-21(13-9-19)24-16(3)23-4;;;;;;;;/h5-21,25-27,39H,4,22-24H2,1-3H3;6-13,15-17,22H,5,14H2,1-4H3;8*1H4. The minimum atomic E-state index is -0.391. The lowest BCUT2D eigenvalue weighted by molar-refractivity contribution is -0.0738. The molecule has 0 saturated carbocycles. The first-order valence-corrected chi connectivity index (χ1v) is 23.6. The molecule has 0 aromatic heterocycles. The third-order valence-electron chi connectivity index (χ3n) is 13.0. The Kier molecular flexibility index (Phi) is 31.6. The summed E-state index contributed by atoms with van der Waals surface area (Å²) >= 11 is 0. The van der Waals surface area contributed by atoms with E-state index in [1.165, 1.54) is 49.2 Å². The Morgan fingerprint density at radius 1 is 0.419 bits per heavy atom. The van der Waals surface area contributed by atoms with Crippen molar-refractivity contribution < 1.29 is 33.9 Å². The molecular formula is C67H98O7. The highest BCUT2D eigenvalue weighted by molar-refractivity contribution is 6.24. The molecule has 0 aliphatic rings. The van der Waals surface area contributed by atoms with Crippen molar-refractivity contribution in [3.8, 4) is 28.7 Å². The molecule has 0 heterocycles. The molecule has 0 radical (unpaired) electrons. The molecule has 7 nitrogen and oxygen atoms in total. The van der Waals surface area contributed by atoms with Gasteiger partial charge in [0.15, 0.2) is 12.6 Å². The molecule has 0 aliphatic carbocycles. The fourth-order valence-electron chi connectivity index (χ4n) is 9.11. The van der Waals surface area contributed by atoms with Gasteiger partial charge in [-0.15, -0.1) is 0 Å².